The van der Waals surface area contributed by atoms with Gasteiger partial charge >= 0.3 is 5.97 Å². The number of fused-ring (bicyclic) bond motifs is 1. The van der Waals surface area contributed by atoms with Gasteiger partial charge in [-0.15, -0.1) is 0 Å². The number of benzene rings is 1. The molecule has 2 aromatic heterocycles. The van der Waals surface area contributed by atoms with Gasteiger partial charge in [0.05, 0.1) is 0 Å². The number of hydrogen-bond acceptors (Lipinski definition) is 3. The summed E-state index contributed by atoms with van der Waals surface area (Å²) in [7, 11) is 0. The van der Waals surface area contributed by atoms with Crippen LogP contribution in [0, 0.1) is 5.82 Å². The Kier molecular flexibility index (Phi) is 3.99. The van der Waals surface area contributed by atoms with Crippen LogP contribution in [0.3, 0.4) is 0 Å². The second-order valence-electron chi connectivity index (χ2n) is 7.07. The molecule has 0 radical (unpaired) electrons. The van der Waals surface area contributed by atoms with Crippen molar-refractivity contribution in [3.63, 3.8) is 0 Å². The van der Waals surface area contributed by atoms with Crippen molar-refractivity contribution < 1.29 is 19.4 Å². The maximum atomic E-state index is 13.9. The van der Waals surface area contributed by atoms with Crippen molar-refractivity contribution in [3.05, 3.63) is 58.8 Å². The predicted octanol–water partition coefficient (Wildman–Crippen LogP) is 3.99. The Bertz CT molecular complexity index is 971. The van der Waals surface area contributed by atoms with E-state index in [1.54, 1.807) is 12.1 Å². The fourth-order valence-corrected chi connectivity index (χ4v) is 2.96. The molecule has 1 aromatic carbocycles. The van der Waals surface area contributed by atoms with E-state index in [1.807, 2.05) is 20.8 Å². The molecule has 0 saturated heterocycles. The third kappa shape index (κ3) is 3.20. The van der Waals surface area contributed by atoms with E-state index in [0.717, 1.165) is 11.3 Å². The lowest BCUT2D eigenvalue weighted by molar-refractivity contribution is 0.0690. The Balaban J connectivity index is 2.18. The number of H-pyrrole nitrogens is 1. The molecule has 0 atom stereocenters. The maximum Gasteiger partial charge on any atom is 0.354 e. The lowest BCUT2D eigenvalue weighted by Gasteiger charge is -2.19. The smallest absolute Gasteiger partial charge is 0.354 e. The molecule has 0 saturated carbocycles. The Labute approximate surface area is 144 Å². The molecule has 6 heteroatoms. The highest BCUT2D eigenvalue weighted by molar-refractivity contribution is 5.87. The van der Waals surface area contributed by atoms with Crippen LogP contribution in [-0.4, -0.2) is 26.2 Å². The minimum absolute atomic E-state index is 0.0292. The molecule has 3 N–H and O–H groups in total. The summed E-state index contributed by atoms with van der Waals surface area (Å²) < 4.78 is 13.9. The van der Waals surface area contributed by atoms with E-state index in [4.69, 9.17) is 5.11 Å². The molecular weight excluding hydrogens is 323 g/mol. The number of aromatic nitrogens is 2. The van der Waals surface area contributed by atoms with Crippen molar-refractivity contribution >= 4 is 16.9 Å². The third-order valence-electron chi connectivity index (χ3n) is 4.11. The zero-order chi connectivity index (χ0) is 18.4. The average Bonchev–Trinajstić information content (AvgIpc) is 2.86. The largest absolute Gasteiger partial charge is 0.505 e. The molecule has 0 unspecified atom stereocenters. The second-order valence-corrected chi connectivity index (χ2v) is 7.07. The van der Waals surface area contributed by atoms with Gasteiger partial charge in [0.15, 0.2) is 11.6 Å². The highest BCUT2D eigenvalue weighted by atomic mass is 19.1. The number of aromatic hydroxyl groups is 1. The zero-order valence-electron chi connectivity index (χ0n) is 14.2. The molecule has 0 aliphatic heterocycles. The highest BCUT2D eigenvalue weighted by Crippen LogP contribution is 2.35. The summed E-state index contributed by atoms with van der Waals surface area (Å²) in [4.78, 5) is 18.5. The Morgan fingerprint density at radius 2 is 2.00 bits per heavy atom. The predicted molar refractivity (Wildman–Crippen MR) is 92.6 cm³/mol. The number of carbonyl (C=O) groups is 1. The van der Waals surface area contributed by atoms with Crippen molar-refractivity contribution in [3.8, 4) is 5.75 Å². The van der Waals surface area contributed by atoms with Crippen LogP contribution in [-0.2, 0) is 11.8 Å². The molecule has 0 amide bonds. The lowest BCUT2D eigenvalue weighted by atomic mass is 9.87. The summed E-state index contributed by atoms with van der Waals surface area (Å²) in [5, 5.41) is 19.4. The number of carboxylic acids is 1. The number of halogens is 1. The van der Waals surface area contributed by atoms with Crippen LogP contribution >= 0.6 is 0 Å². The topological polar surface area (TPSA) is 86.2 Å². The van der Waals surface area contributed by atoms with Gasteiger partial charge in [-0.05, 0) is 23.8 Å². The number of nitrogens with one attached hydrogen (secondary N) is 1. The minimum atomic E-state index is -1.09. The number of rotatable bonds is 3. The van der Waals surface area contributed by atoms with Crippen LogP contribution < -0.4 is 0 Å². The van der Waals surface area contributed by atoms with E-state index in [0.29, 0.717) is 23.0 Å². The monoisotopic (exact) mass is 342 g/mol. The molecular formula is C19H19FN2O3. The van der Waals surface area contributed by atoms with Crippen LogP contribution in [0.5, 0.6) is 5.75 Å². The van der Waals surface area contributed by atoms with Crippen molar-refractivity contribution in [2.75, 3.05) is 0 Å². The number of hydrogen-bond donors (Lipinski definition) is 3. The van der Waals surface area contributed by atoms with Gasteiger partial charge in [0.25, 0.3) is 0 Å². The van der Waals surface area contributed by atoms with Crippen LogP contribution in [0.25, 0.3) is 10.9 Å². The Morgan fingerprint density at radius 1 is 1.28 bits per heavy atom. The van der Waals surface area contributed by atoms with Crippen LogP contribution in [0.2, 0.25) is 0 Å². The van der Waals surface area contributed by atoms with Crippen LogP contribution in [0.15, 0.2) is 30.3 Å². The first-order chi connectivity index (χ1) is 11.7. The highest BCUT2D eigenvalue weighted by Gasteiger charge is 2.24. The molecule has 0 spiro atoms. The number of phenols is 1. The van der Waals surface area contributed by atoms with Gasteiger partial charge in [0, 0.05) is 40.2 Å². The zero-order valence-corrected chi connectivity index (χ0v) is 14.2. The molecule has 0 aliphatic carbocycles. The standard InChI is InChI=1S/C19H19FN2O3/c1-19(2,3)17-12(7-10-5-4-6-14(21-10)18(24)25)11-8-13(20)16(23)9-15(11)22-17/h4-6,8-9,22-23H,7H2,1-3H3,(H,24,25). The Hall–Kier alpha value is -2.89. The molecule has 0 aliphatic rings. The number of nitrogens with zero attached hydrogens (tertiary/aromatic N) is 1. The van der Waals surface area contributed by atoms with E-state index in [2.05, 4.69) is 9.97 Å². The summed E-state index contributed by atoms with van der Waals surface area (Å²) in [5.74, 6) is -2.19. The number of aromatic carboxylic acids is 1. The van der Waals surface area contributed by atoms with Gasteiger partial charge < -0.3 is 15.2 Å². The fourth-order valence-electron chi connectivity index (χ4n) is 2.96. The van der Waals surface area contributed by atoms with E-state index in [-0.39, 0.29) is 11.1 Å². The first-order valence-electron chi connectivity index (χ1n) is 7.89. The number of pyridine rings is 1. The van der Waals surface area contributed by atoms with Crippen LogP contribution in [0.4, 0.5) is 4.39 Å². The molecule has 25 heavy (non-hydrogen) atoms. The number of aromatic amines is 1. The summed E-state index contributed by atoms with van der Waals surface area (Å²) in [5.41, 5.74) is 2.68. The summed E-state index contributed by atoms with van der Waals surface area (Å²) in [6.07, 6.45) is 0.359. The quantitative estimate of drug-likeness (QED) is 0.672. The van der Waals surface area contributed by atoms with Crippen molar-refractivity contribution in [1.82, 2.24) is 9.97 Å². The van der Waals surface area contributed by atoms with Gasteiger partial charge in [-0.2, -0.15) is 0 Å². The third-order valence-corrected chi connectivity index (χ3v) is 4.11. The molecule has 3 aromatic rings. The molecule has 0 bridgehead atoms. The Morgan fingerprint density at radius 3 is 2.64 bits per heavy atom. The molecule has 3 rings (SSSR count). The maximum absolute atomic E-state index is 13.9. The SMILES string of the molecule is CC(C)(C)c1[nH]c2cc(O)c(F)cc2c1Cc1cccc(C(=O)O)n1. The minimum Gasteiger partial charge on any atom is -0.505 e. The lowest BCUT2D eigenvalue weighted by Crippen LogP contribution is -2.14. The fraction of sp³-hybridized carbons (Fsp3) is 0.263. The molecule has 2 heterocycles. The molecule has 130 valence electrons. The first-order valence-corrected chi connectivity index (χ1v) is 7.89. The van der Waals surface area contributed by atoms with E-state index in [9.17, 15) is 14.3 Å². The van der Waals surface area contributed by atoms with E-state index < -0.39 is 17.5 Å². The van der Waals surface area contributed by atoms with Crippen molar-refractivity contribution in [2.24, 2.45) is 0 Å². The number of carboxylic acid groups (broad SMARTS) is 1. The summed E-state index contributed by atoms with van der Waals surface area (Å²) in [6, 6.07) is 7.49. The number of phenolic OH excluding ortho intramolecular Hbond substituents is 1. The van der Waals surface area contributed by atoms with E-state index in [1.165, 1.54) is 18.2 Å². The summed E-state index contributed by atoms with van der Waals surface area (Å²) in [6.45, 7) is 6.08. The van der Waals surface area contributed by atoms with Gasteiger partial charge in [-0.1, -0.05) is 26.8 Å². The van der Waals surface area contributed by atoms with E-state index >= 15 is 0 Å². The molecule has 5 nitrogen and oxygen atoms in total. The van der Waals surface area contributed by atoms with Gasteiger partial charge in [-0.25, -0.2) is 14.2 Å². The normalized spacial score (nSPS) is 11.8. The van der Waals surface area contributed by atoms with Gasteiger partial charge in [0.2, 0.25) is 0 Å². The van der Waals surface area contributed by atoms with Crippen LogP contribution in [0.1, 0.15) is 48.2 Å². The van der Waals surface area contributed by atoms with Gasteiger partial charge in [-0.3, -0.25) is 0 Å². The van der Waals surface area contributed by atoms with Gasteiger partial charge in [0.1, 0.15) is 5.69 Å². The van der Waals surface area contributed by atoms with Crippen molar-refractivity contribution in [2.45, 2.75) is 32.6 Å². The van der Waals surface area contributed by atoms with Crippen molar-refractivity contribution in [1.29, 1.82) is 0 Å². The molecule has 0 fully saturated rings. The first kappa shape index (κ1) is 17.0. The average molecular weight is 342 g/mol. The second kappa shape index (κ2) is 5.88. The summed E-state index contributed by atoms with van der Waals surface area (Å²) >= 11 is 0.